The van der Waals surface area contributed by atoms with Gasteiger partial charge in [0.05, 0.1) is 11.3 Å². The van der Waals surface area contributed by atoms with Crippen LogP contribution >= 0.6 is 11.3 Å². The maximum Gasteiger partial charge on any atom is 0.335 e. The first-order valence-corrected chi connectivity index (χ1v) is 8.38. The maximum atomic E-state index is 12.5. The number of carbonyl (C=O) groups is 1. The highest BCUT2D eigenvalue weighted by Gasteiger charge is 2.24. The van der Waals surface area contributed by atoms with E-state index >= 15 is 0 Å². The topological polar surface area (TPSA) is 74.7 Å². The van der Waals surface area contributed by atoms with Gasteiger partial charge in [-0.05, 0) is 49.7 Å². The number of hydrogen-bond donors (Lipinski definition) is 1. The van der Waals surface area contributed by atoms with Gasteiger partial charge >= 0.3 is 5.97 Å². The van der Waals surface area contributed by atoms with Crippen LogP contribution in [0, 0.1) is 13.8 Å². The molecule has 0 unspecified atom stereocenters. The fourth-order valence-corrected chi connectivity index (χ4v) is 4.64. The summed E-state index contributed by atoms with van der Waals surface area (Å²) >= 11 is 1.23. The molecule has 5 nitrogen and oxygen atoms in total. The zero-order valence-corrected chi connectivity index (χ0v) is 13.5. The van der Waals surface area contributed by atoms with E-state index in [0.29, 0.717) is 5.69 Å². The van der Waals surface area contributed by atoms with Crippen molar-refractivity contribution in [1.82, 2.24) is 0 Å². The van der Waals surface area contributed by atoms with Gasteiger partial charge in [0.25, 0.3) is 10.0 Å². The van der Waals surface area contributed by atoms with Gasteiger partial charge in [-0.25, -0.2) is 13.2 Å². The van der Waals surface area contributed by atoms with E-state index in [1.807, 2.05) is 13.8 Å². The van der Waals surface area contributed by atoms with Crippen LogP contribution in [0.15, 0.2) is 34.5 Å². The minimum Gasteiger partial charge on any atom is -0.478 e. The van der Waals surface area contributed by atoms with Crippen LogP contribution in [0.4, 0.5) is 5.69 Å². The van der Waals surface area contributed by atoms with Crippen molar-refractivity contribution in [3.8, 4) is 0 Å². The van der Waals surface area contributed by atoms with E-state index in [-0.39, 0.29) is 9.77 Å². The highest BCUT2D eigenvalue weighted by Crippen LogP contribution is 2.29. The van der Waals surface area contributed by atoms with Crippen molar-refractivity contribution in [2.45, 2.75) is 18.1 Å². The molecule has 0 bridgehead atoms. The van der Waals surface area contributed by atoms with Crippen molar-refractivity contribution >= 4 is 33.0 Å². The van der Waals surface area contributed by atoms with Crippen molar-refractivity contribution < 1.29 is 18.3 Å². The Kier molecular flexibility index (Phi) is 4.06. The molecule has 0 spiro atoms. The fourth-order valence-electron chi connectivity index (χ4n) is 1.75. The van der Waals surface area contributed by atoms with E-state index in [1.54, 1.807) is 6.07 Å². The number of aryl methyl sites for hydroxylation is 2. The smallest absolute Gasteiger partial charge is 0.335 e. The third-order valence-corrected chi connectivity index (χ3v) is 6.62. The molecule has 0 aliphatic rings. The molecular weight excluding hydrogens is 310 g/mol. The SMILES string of the molecule is Cc1cc(S(=O)(=O)N(C)c2ccc(C(=O)O)cc2)sc1C. The average Bonchev–Trinajstić information content (AvgIpc) is 2.78. The minimum atomic E-state index is -3.62. The summed E-state index contributed by atoms with van der Waals surface area (Å²) in [4.78, 5) is 11.8. The van der Waals surface area contributed by atoms with E-state index < -0.39 is 16.0 Å². The van der Waals surface area contributed by atoms with E-state index in [2.05, 4.69) is 0 Å². The van der Waals surface area contributed by atoms with Crippen molar-refractivity contribution in [1.29, 1.82) is 0 Å². The van der Waals surface area contributed by atoms with Crippen molar-refractivity contribution in [2.75, 3.05) is 11.4 Å². The van der Waals surface area contributed by atoms with E-state index in [9.17, 15) is 13.2 Å². The second-order valence-electron chi connectivity index (χ2n) is 4.63. The summed E-state index contributed by atoms with van der Waals surface area (Å²) in [6.45, 7) is 3.74. The second-order valence-corrected chi connectivity index (χ2v) is 8.08. The van der Waals surface area contributed by atoms with Crippen molar-refractivity contribution in [2.24, 2.45) is 0 Å². The molecule has 0 radical (unpaired) electrons. The lowest BCUT2D eigenvalue weighted by atomic mass is 10.2. The highest BCUT2D eigenvalue weighted by molar-refractivity contribution is 7.94. The lowest BCUT2D eigenvalue weighted by molar-refractivity contribution is 0.0697. The van der Waals surface area contributed by atoms with Crippen LogP contribution in [0.25, 0.3) is 0 Å². The Morgan fingerprint density at radius 1 is 1.19 bits per heavy atom. The molecule has 0 aliphatic heterocycles. The lowest BCUT2D eigenvalue weighted by Crippen LogP contribution is -2.25. The summed E-state index contributed by atoms with van der Waals surface area (Å²) in [7, 11) is -2.17. The highest BCUT2D eigenvalue weighted by atomic mass is 32.2. The Hall–Kier alpha value is -1.86. The number of anilines is 1. The normalized spacial score (nSPS) is 11.4. The number of nitrogens with zero attached hydrogens (tertiary/aromatic N) is 1. The van der Waals surface area contributed by atoms with Gasteiger partial charge in [0.15, 0.2) is 0 Å². The van der Waals surface area contributed by atoms with Crippen LogP contribution in [-0.4, -0.2) is 26.5 Å². The predicted molar refractivity (Wildman–Crippen MR) is 82.8 cm³/mol. The van der Waals surface area contributed by atoms with Gasteiger partial charge in [0.1, 0.15) is 4.21 Å². The van der Waals surface area contributed by atoms with Crippen LogP contribution in [-0.2, 0) is 10.0 Å². The number of carboxylic acid groups (broad SMARTS) is 1. The molecule has 1 N–H and O–H groups in total. The predicted octanol–water partition coefficient (Wildman–Crippen LogP) is 2.89. The first kappa shape index (κ1) is 15.5. The van der Waals surface area contributed by atoms with Crippen LogP contribution in [0.3, 0.4) is 0 Å². The van der Waals surface area contributed by atoms with Crippen molar-refractivity contribution in [3.05, 3.63) is 46.3 Å². The van der Waals surface area contributed by atoms with Gasteiger partial charge in [0, 0.05) is 11.9 Å². The largest absolute Gasteiger partial charge is 0.478 e. The molecule has 1 heterocycles. The van der Waals surface area contributed by atoms with E-state index in [1.165, 1.54) is 42.6 Å². The Bertz CT molecular complexity index is 756. The molecule has 2 aromatic rings. The quantitative estimate of drug-likeness (QED) is 0.938. The number of aromatic carboxylic acids is 1. The summed E-state index contributed by atoms with van der Waals surface area (Å²) in [5.74, 6) is -1.04. The monoisotopic (exact) mass is 325 g/mol. The molecule has 0 saturated carbocycles. The fraction of sp³-hybridized carbons (Fsp3) is 0.214. The van der Waals surface area contributed by atoms with Gasteiger partial charge in [-0.2, -0.15) is 0 Å². The molecule has 0 saturated heterocycles. The van der Waals surface area contributed by atoms with E-state index in [0.717, 1.165) is 14.7 Å². The van der Waals surface area contributed by atoms with Crippen LogP contribution in [0.1, 0.15) is 20.8 Å². The number of hydrogen-bond acceptors (Lipinski definition) is 4. The molecule has 2 rings (SSSR count). The van der Waals surface area contributed by atoms with Gasteiger partial charge in [-0.3, -0.25) is 4.31 Å². The molecule has 21 heavy (non-hydrogen) atoms. The number of carboxylic acids is 1. The molecule has 112 valence electrons. The second kappa shape index (κ2) is 5.50. The van der Waals surface area contributed by atoms with Crippen molar-refractivity contribution in [3.63, 3.8) is 0 Å². The Balaban J connectivity index is 2.38. The minimum absolute atomic E-state index is 0.118. The summed E-state index contributed by atoms with van der Waals surface area (Å²) < 4.78 is 26.5. The molecule has 0 aliphatic carbocycles. The molecular formula is C14H15NO4S2. The zero-order valence-electron chi connectivity index (χ0n) is 11.8. The molecule has 0 atom stereocenters. The van der Waals surface area contributed by atoms with Crippen LogP contribution < -0.4 is 4.31 Å². The third kappa shape index (κ3) is 2.93. The molecule has 0 fully saturated rings. The lowest BCUT2D eigenvalue weighted by Gasteiger charge is -2.18. The number of rotatable bonds is 4. The molecule has 1 aromatic carbocycles. The molecule has 0 amide bonds. The number of sulfonamides is 1. The Morgan fingerprint density at radius 2 is 1.76 bits per heavy atom. The number of thiophene rings is 1. The zero-order chi connectivity index (χ0) is 15.8. The molecule has 7 heteroatoms. The van der Waals surface area contributed by atoms with Gasteiger partial charge < -0.3 is 5.11 Å². The number of benzene rings is 1. The van der Waals surface area contributed by atoms with Crippen LogP contribution in [0.5, 0.6) is 0 Å². The summed E-state index contributed by atoms with van der Waals surface area (Å²) in [6.07, 6.45) is 0. The maximum absolute atomic E-state index is 12.5. The summed E-state index contributed by atoms with van der Waals surface area (Å²) in [5.41, 5.74) is 1.48. The first-order chi connectivity index (χ1) is 9.73. The third-order valence-electron chi connectivity index (χ3n) is 3.24. The first-order valence-electron chi connectivity index (χ1n) is 6.13. The standard InChI is InChI=1S/C14H15NO4S2/c1-9-8-13(20-10(9)2)21(18,19)15(3)12-6-4-11(5-7-12)14(16)17/h4-8H,1-3H3,(H,16,17). The van der Waals surface area contributed by atoms with E-state index in [4.69, 9.17) is 5.11 Å². The Morgan fingerprint density at radius 3 is 2.19 bits per heavy atom. The van der Waals surface area contributed by atoms with Crippen LogP contribution in [0.2, 0.25) is 0 Å². The van der Waals surface area contributed by atoms with Gasteiger partial charge in [0.2, 0.25) is 0 Å². The summed E-state index contributed by atoms with van der Waals surface area (Å²) in [6, 6.07) is 7.38. The summed E-state index contributed by atoms with van der Waals surface area (Å²) in [5, 5.41) is 8.86. The average molecular weight is 325 g/mol. The van der Waals surface area contributed by atoms with Gasteiger partial charge in [-0.1, -0.05) is 0 Å². The molecule has 1 aromatic heterocycles. The Labute approximate surface area is 127 Å². The van der Waals surface area contributed by atoms with Gasteiger partial charge in [-0.15, -0.1) is 11.3 Å².